The summed E-state index contributed by atoms with van der Waals surface area (Å²) in [5.41, 5.74) is 2.09. The molecular weight excluding hydrogens is 468 g/mol. The van der Waals surface area contributed by atoms with Crippen LogP contribution in [0.25, 0.3) is 32.4 Å². The minimum atomic E-state index is -0.662. The highest BCUT2D eigenvalue weighted by molar-refractivity contribution is 7.85. The van der Waals surface area contributed by atoms with Crippen molar-refractivity contribution in [3.8, 4) is 22.2 Å². The van der Waals surface area contributed by atoms with Gasteiger partial charge in [0.1, 0.15) is 16.3 Å². The van der Waals surface area contributed by atoms with Gasteiger partial charge in [0, 0.05) is 80.2 Å². The van der Waals surface area contributed by atoms with E-state index in [2.05, 4.69) is 42.0 Å². The Morgan fingerprint density at radius 3 is 2.68 bits per heavy atom. The molecule has 11 heteroatoms. The van der Waals surface area contributed by atoms with Crippen molar-refractivity contribution >= 4 is 38.2 Å². The summed E-state index contributed by atoms with van der Waals surface area (Å²) in [5.74, 6) is 3.69. The lowest BCUT2D eigenvalue weighted by atomic mass is 10.1. The Kier molecular flexibility index (Phi) is 6.50. The van der Waals surface area contributed by atoms with Crippen molar-refractivity contribution in [2.75, 3.05) is 43.0 Å². The molecule has 0 radical (unpaired) electrons. The molecule has 0 unspecified atom stereocenters. The molecule has 5 heterocycles. The molecule has 4 aromatic heterocycles. The van der Waals surface area contributed by atoms with Crippen LogP contribution >= 0.6 is 11.3 Å². The molecule has 1 aliphatic heterocycles. The average molecular weight is 499 g/mol. The molecule has 1 fully saturated rings. The predicted molar refractivity (Wildman–Crippen MR) is 139 cm³/mol. The molecule has 0 saturated carbocycles. The smallest absolute Gasteiger partial charge is 0.199 e. The van der Waals surface area contributed by atoms with Crippen molar-refractivity contribution in [3.05, 3.63) is 30.2 Å². The molecule has 1 saturated heterocycles. The monoisotopic (exact) mass is 498 g/mol. The Labute approximate surface area is 205 Å². The lowest BCUT2D eigenvalue weighted by molar-refractivity contribution is 0.311. The first kappa shape index (κ1) is 23.1. The molecule has 4 aromatic rings. The molecule has 9 nitrogen and oxygen atoms in total. The molecule has 0 bridgehead atoms. The van der Waals surface area contributed by atoms with E-state index >= 15 is 0 Å². The lowest BCUT2D eigenvalue weighted by Gasteiger charge is -2.26. The number of fused-ring (bicyclic) bond motifs is 1. The summed E-state index contributed by atoms with van der Waals surface area (Å²) in [7, 11) is 1.29. The van der Waals surface area contributed by atoms with Crippen LogP contribution in [0, 0.1) is 6.92 Å². The summed E-state index contributed by atoms with van der Waals surface area (Å²) >= 11 is 1.65. The fraction of sp³-hybridized carbons (Fsp3) is 0.478. The second kappa shape index (κ2) is 9.55. The van der Waals surface area contributed by atoms with E-state index in [0.717, 1.165) is 75.7 Å². The molecule has 1 N–H and O–H groups in total. The zero-order valence-corrected chi connectivity index (χ0v) is 21.6. The van der Waals surface area contributed by atoms with Crippen LogP contribution in [0.5, 0.6) is 0 Å². The maximum absolute atomic E-state index is 11.7. The van der Waals surface area contributed by atoms with Gasteiger partial charge in [0.2, 0.25) is 0 Å². The topological polar surface area (TPSA) is 93.8 Å². The van der Waals surface area contributed by atoms with E-state index in [1.807, 2.05) is 28.7 Å². The molecule has 0 spiro atoms. The third kappa shape index (κ3) is 4.51. The predicted octanol–water partition coefficient (Wildman–Crippen LogP) is 3.32. The zero-order chi connectivity index (χ0) is 23.8. The van der Waals surface area contributed by atoms with E-state index in [1.54, 1.807) is 17.5 Å². The van der Waals surface area contributed by atoms with E-state index in [1.165, 1.54) is 0 Å². The number of anilines is 1. The van der Waals surface area contributed by atoms with E-state index < -0.39 is 10.8 Å². The Morgan fingerprint density at radius 2 is 2.00 bits per heavy atom. The highest BCUT2D eigenvalue weighted by Gasteiger charge is 2.21. The van der Waals surface area contributed by atoms with Crippen LogP contribution in [0.4, 0.5) is 5.82 Å². The van der Waals surface area contributed by atoms with Crippen LogP contribution in [0.2, 0.25) is 0 Å². The van der Waals surface area contributed by atoms with Crippen molar-refractivity contribution in [2.45, 2.75) is 26.8 Å². The maximum atomic E-state index is 11.7. The molecule has 0 aliphatic carbocycles. The van der Waals surface area contributed by atoms with Gasteiger partial charge in [-0.2, -0.15) is 5.10 Å². The fourth-order valence-corrected chi connectivity index (χ4v) is 6.44. The van der Waals surface area contributed by atoms with Gasteiger partial charge >= 0.3 is 0 Å². The van der Waals surface area contributed by atoms with Crippen LogP contribution in [0.15, 0.2) is 24.7 Å². The van der Waals surface area contributed by atoms with Gasteiger partial charge in [-0.05, 0) is 32.4 Å². The van der Waals surface area contributed by atoms with Gasteiger partial charge in [0.15, 0.2) is 11.6 Å². The summed E-state index contributed by atoms with van der Waals surface area (Å²) in [5, 5.41) is 9.40. The number of nitrogens with zero attached hydrogens (tertiary/aromatic N) is 7. The van der Waals surface area contributed by atoms with E-state index in [0.29, 0.717) is 11.9 Å². The standard InChI is InChI=1S/C23H30N8OS2/c1-15(2)31-8-5-17(28-31)19-16(3)18-20(24-7-10-30-11-13-34(32)14-12-30)26-21(27-23(18)33-19)22-25-6-9-29(22)4/h5-6,8-9,15H,7,10-14H2,1-4H3,(H,24,26,27). The van der Waals surface area contributed by atoms with Gasteiger partial charge in [-0.15, -0.1) is 11.3 Å². The molecular formula is C23H30N8OS2. The van der Waals surface area contributed by atoms with Crippen molar-refractivity contribution in [1.29, 1.82) is 0 Å². The van der Waals surface area contributed by atoms with Crippen molar-refractivity contribution < 1.29 is 4.21 Å². The summed E-state index contributed by atoms with van der Waals surface area (Å²) in [6.45, 7) is 9.78. The van der Waals surface area contributed by atoms with Gasteiger partial charge in [-0.1, -0.05) is 0 Å². The molecule has 180 valence electrons. The van der Waals surface area contributed by atoms with E-state index in [4.69, 9.17) is 15.1 Å². The van der Waals surface area contributed by atoms with Gasteiger partial charge in [0.25, 0.3) is 0 Å². The second-order valence-electron chi connectivity index (χ2n) is 8.89. The van der Waals surface area contributed by atoms with Crippen molar-refractivity contribution in [3.63, 3.8) is 0 Å². The Hall–Kier alpha value is -2.63. The van der Waals surface area contributed by atoms with Crippen molar-refractivity contribution in [2.24, 2.45) is 7.05 Å². The van der Waals surface area contributed by atoms with E-state index in [-0.39, 0.29) is 0 Å². The van der Waals surface area contributed by atoms with Crippen LogP contribution in [-0.4, -0.2) is 76.1 Å². The highest BCUT2D eigenvalue weighted by atomic mass is 32.2. The first-order chi connectivity index (χ1) is 16.4. The maximum Gasteiger partial charge on any atom is 0.199 e. The number of hydrogen-bond donors (Lipinski definition) is 1. The SMILES string of the molecule is Cc1c(-c2ccn(C(C)C)n2)sc2nc(-c3nccn3C)nc(NCCN3CCS(=O)CC3)c12. The fourth-order valence-electron chi connectivity index (χ4n) is 4.17. The molecule has 0 aromatic carbocycles. The zero-order valence-electron chi connectivity index (χ0n) is 20.0. The third-order valence-electron chi connectivity index (χ3n) is 6.17. The largest absolute Gasteiger partial charge is 0.368 e. The van der Waals surface area contributed by atoms with Crippen molar-refractivity contribution in [1.82, 2.24) is 34.2 Å². The number of hydrogen-bond acceptors (Lipinski definition) is 8. The van der Waals surface area contributed by atoms with Gasteiger partial charge in [-0.3, -0.25) is 13.8 Å². The summed E-state index contributed by atoms with van der Waals surface area (Å²) in [6.07, 6.45) is 5.69. The van der Waals surface area contributed by atoms with E-state index in [9.17, 15) is 4.21 Å². The molecule has 0 amide bonds. The number of aryl methyl sites for hydroxylation is 2. The normalized spacial score (nSPS) is 15.6. The first-order valence-electron chi connectivity index (χ1n) is 11.6. The number of nitrogens with one attached hydrogen (secondary N) is 1. The summed E-state index contributed by atoms with van der Waals surface area (Å²) in [4.78, 5) is 18.7. The van der Waals surface area contributed by atoms with Crippen LogP contribution < -0.4 is 5.32 Å². The average Bonchev–Trinajstić information content (AvgIpc) is 3.54. The van der Waals surface area contributed by atoms with Crippen LogP contribution in [0.3, 0.4) is 0 Å². The minimum absolute atomic E-state index is 0.308. The minimum Gasteiger partial charge on any atom is -0.368 e. The number of thiophene rings is 1. The number of aromatic nitrogens is 6. The first-order valence-corrected chi connectivity index (χ1v) is 13.9. The highest BCUT2D eigenvalue weighted by Crippen LogP contribution is 2.40. The third-order valence-corrected chi connectivity index (χ3v) is 8.66. The number of rotatable bonds is 7. The lowest BCUT2D eigenvalue weighted by Crippen LogP contribution is -2.40. The van der Waals surface area contributed by atoms with Gasteiger partial charge in [0.05, 0.1) is 10.3 Å². The molecule has 5 rings (SSSR count). The van der Waals surface area contributed by atoms with Gasteiger partial charge < -0.3 is 9.88 Å². The molecule has 0 atom stereocenters. The Balaban J connectivity index is 1.50. The molecule has 1 aliphatic rings. The van der Waals surface area contributed by atoms with Gasteiger partial charge in [-0.25, -0.2) is 15.0 Å². The Bertz CT molecular complexity index is 1330. The summed E-state index contributed by atoms with van der Waals surface area (Å²) < 4.78 is 15.6. The number of imidazole rings is 1. The summed E-state index contributed by atoms with van der Waals surface area (Å²) in [6, 6.07) is 2.38. The Morgan fingerprint density at radius 1 is 1.21 bits per heavy atom. The molecule has 34 heavy (non-hydrogen) atoms. The van der Waals surface area contributed by atoms with Crippen LogP contribution in [0.1, 0.15) is 25.5 Å². The van der Waals surface area contributed by atoms with Crippen LogP contribution in [-0.2, 0) is 17.8 Å². The quantitative estimate of drug-likeness (QED) is 0.418. The second-order valence-corrected chi connectivity index (χ2v) is 11.6.